The van der Waals surface area contributed by atoms with Crippen LogP contribution in [-0.4, -0.2) is 29.0 Å². The fourth-order valence-corrected chi connectivity index (χ4v) is 2.42. The lowest BCUT2D eigenvalue weighted by Gasteiger charge is -2.19. The summed E-state index contributed by atoms with van der Waals surface area (Å²) in [5.41, 5.74) is 3.77. The van der Waals surface area contributed by atoms with Gasteiger partial charge in [-0.15, -0.1) is 0 Å². The van der Waals surface area contributed by atoms with Crippen LogP contribution < -0.4 is 5.32 Å². The van der Waals surface area contributed by atoms with Crippen molar-refractivity contribution in [3.63, 3.8) is 0 Å². The first-order valence-electron chi connectivity index (χ1n) is 8.35. The molecule has 0 saturated heterocycles. The Balaban J connectivity index is 1.72. The van der Waals surface area contributed by atoms with Gasteiger partial charge in [-0.05, 0) is 42.5 Å². The van der Waals surface area contributed by atoms with Gasteiger partial charge >= 0.3 is 6.09 Å². The molecule has 5 heteroatoms. The number of nitrogens with one attached hydrogen (secondary N) is 1. The average molecular weight is 343 g/mol. The van der Waals surface area contributed by atoms with Gasteiger partial charge in [0.1, 0.15) is 12.7 Å². The zero-order chi connectivity index (χ0) is 18.2. The molecule has 2 unspecified atom stereocenters. The van der Waals surface area contributed by atoms with Gasteiger partial charge in [-0.25, -0.2) is 4.79 Å². The second-order valence-electron chi connectivity index (χ2n) is 6.13. The van der Waals surface area contributed by atoms with Gasteiger partial charge in [0.2, 0.25) is 0 Å². The molecule has 0 bridgehead atoms. The van der Waals surface area contributed by atoms with E-state index in [1.165, 1.54) is 0 Å². The van der Waals surface area contributed by atoms with E-state index in [4.69, 9.17) is 4.74 Å². The number of carbonyl (C=O) groups excluding carboxylic acids is 1. The summed E-state index contributed by atoms with van der Waals surface area (Å²) in [7, 11) is 0. The fraction of sp³-hybridized carbons (Fsp3) is 0.350. The summed E-state index contributed by atoms with van der Waals surface area (Å²) in [6.07, 6.45) is -2.26. The Morgan fingerprint density at radius 3 is 2.48 bits per heavy atom. The van der Waals surface area contributed by atoms with E-state index >= 15 is 0 Å². The van der Waals surface area contributed by atoms with Gasteiger partial charge in [0.25, 0.3) is 0 Å². The van der Waals surface area contributed by atoms with E-state index < -0.39 is 18.3 Å². The summed E-state index contributed by atoms with van der Waals surface area (Å²) in [5.74, 6) is 0. The minimum Gasteiger partial charge on any atom is -0.445 e. The zero-order valence-corrected chi connectivity index (χ0v) is 14.6. The van der Waals surface area contributed by atoms with Crippen LogP contribution in [-0.2, 0) is 11.3 Å². The fourth-order valence-electron chi connectivity index (χ4n) is 2.42. The Bertz CT molecular complexity index is 687. The van der Waals surface area contributed by atoms with Crippen molar-refractivity contribution in [3.05, 3.63) is 70.8 Å². The molecule has 0 heterocycles. The van der Waals surface area contributed by atoms with Crippen LogP contribution in [0.15, 0.2) is 48.5 Å². The van der Waals surface area contributed by atoms with Crippen molar-refractivity contribution in [2.24, 2.45) is 0 Å². The zero-order valence-electron chi connectivity index (χ0n) is 14.6. The van der Waals surface area contributed by atoms with Crippen LogP contribution in [0.4, 0.5) is 4.79 Å². The molecule has 0 radical (unpaired) electrons. The predicted molar refractivity (Wildman–Crippen MR) is 96.1 cm³/mol. The number of alkyl carbamates (subject to hydrolysis) is 1. The first-order valence-corrected chi connectivity index (χ1v) is 8.35. The molecule has 0 saturated carbocycles. The summed E-state index contributed by atoms with van der Waals surface area (Å²) in [6.45, 7) is 4.37. The van der Waals surface area contributed by atoms with Gasteiger partial charge in [-0.3, -0.25) is 0 Å². The first kappa shape index (κ1) is 19.0. The Hall–Kier alpha value is -2.37. The lowest BCUT2D eigenvalue weighted by atomic mass is 9.98. The Morgan fingerprint density at radius 2 is 1.80 bits per heavy atom. The van der Waals surface area contributed by atoms with E-state index in [2.05, 4.69) is 5.32 Å². The molecule has 2 atom stereocenters. The molecule has 1 amide bonds. The number of carbonyl (C=O) groups is 1. The van der Waals surface area contributed by atoms with Crippen molar-refractivity contribution < 1.29 is 19.7 Å². The molecule has 0 spiro atoms. The maximum Gasteiger partial charge on any atom is 0.407 e. The van der Waals surface area contributed by atoms with E-state index in [1.807, 2.05) is 56.3 Å². The Kier molecular flexibility index (Phi) is 6.98. The molecule has 3 N–H and O–H groups in total. The van der Waals surface area contributed by atoms with Crippen LogP contribution in [0.25, 0.3) is 0 Å². The van der Waals surface area contributed by atoms with Crippen LogP contribution in [0.2, 0.25) is 0 Å². The maximum absolute atomic E-state index is 11.6. The highest BCUT2D eigenvalue weighted by Gasteiger charge is 2.18. The van der Waals surface area contributed by atoms with Gasteiger partial charge in [-0.2, -0.15) is 0 Å². The van der Waals surface area contributed by atoms with Crippen molar-refractivity contribution in [2.75, 3.05) is 6.54 Å². The van der Waals surface area contributed by atoms with Crippen molar-refractivity contribution in [1.29, 1.82) is 0 Å². The molecule has 0 aliphatic rings. The summed E-state index contributed by atoms with van der Waals surface area (Å²) in [5, 5.41) is 22.9. The number of aliphatic hydroxyl groups excluding tert-OH is 2. The molecule has 0 aliphatic carbocycles. The Labute approximate surface area is 148 Å². The Morgan fingerprint density at radius 1 is 1.08 bits per heavy atom. The maximum atomic E-state index is 11.6. The molecule has 134 valence electrons. The van der Waals surface area contributed by atoms with Crippen molar-refractivity contribution in [2.45, 2.75) is 39.1 Å². The minimum absolute atomic E-state index is 0.195. The third-order valence-electron chi connectivity index (χ3n) is 4.16. The number of hydrogen-bond acceptors (Lipinski definition) is 4. The molecule has 5 nitrogen and oxygen atoms in total. The standard InChI is InChI=1S/C20H25NO4/c1-14-8-9-17(12-15(14)2)19(23)18(22)10-11-21-20(24)25-13-16-6-4-3-5-7-16/h3-9,12,18-19,22-23H,10-11,13H2,1-2H3,(H,21,24). The number of aliphatic hydroxyl groups is 2. The molecular formula is C20H25NO4. The van der Waals surface area contributed by atoms with Gasteiger partial charge in [0.15, 0.2) is 0 Å². The third kappa shape index (κ3) is 5.89. The second kappa shape index (κ2) is 9.20. The summed E-state index contributed by atoms with van der Waals surface area (Å²) in [4.78, 5) is 11.6. The molecule has 25 heavy (non-hydrogen) atoms. The molecule has 2 aromatic carbocycles. The van der Waals surface area contributed by atoms with Crippen molar-refractivity contribution in [3.8, 4) is 0 Å². The summed E-state index contributed by atoms with van der Waals surface area (Å²) < 4.78 is 5.09. The molecule has 0 aromatic heterocycles. The predicted octanol–water partition coefficient (Wildman–Crippen LogP) is 3.01. The van der Waals surface area contributed by atoms with Gasteiger partial charge in [0.05, 0.1) is 6.10 Å². The van der Waals surface area contributed by atoms with Crippen LogP contribution in [0.1, 0.15) is 34.8 Å². The number of aryl methyl sites for hydroxylation is 2. The smallest absolute Gasteiger partial charge is 0.407 e. The number of rotatable bonds is 7. The van der Waals surface area contributed by atoms with E-state index in [0.29, 0.717) is 5.56 Å². The molecule has 2 rings (SSSR count). The van der Waals surface area contributed by atoms with Gasteiger partial charge in [0, 0.05) is 6.54 Å². The largest absolute Gasteiger partial charge is 0.445 e. The van der Waals surface area contributed by atoms with Crippen LogP contribution in [0.5, 0.6) is 0 Å². The minimum atomic E-state index is -0.985. The van der Waals surface area contributed by atoms with Crippen LogP contribution >= 0.6 is 0 Å². The summed E-state index contributed by atoms with van der Waals surface area (Å²) >= 11 is 0. The number of benzene rings is 2. The topological polar surface area (TPSA) is 78.8 Å². The first-order chi connectivity index (χ1) is 12.0. The molecule has 2 aromatic rings. The highest BCUT2D eigenvalue weighted by molar-refractivity contribution is 5.67. The van der Waals surface area contributed by atoms with Crippen molar-refractivity contribution >= 4 is 6.09 Å². The molecular weight excluding hydrogens is 318 g/mol. The number of hydrogen-bond donors (Lipinski definition) is 3. The molecule has 0 aliphatic heterocycles. The van der Waals surface area contributed by atoms with E-state index in [9.17, 15) is 15.0 Å². The van der Waals surface area contributed by atoms with Crippen LogP contribution in [0, 0.1) is 13.8 Å². The average Bonchev–Trinajstić information content (AvgIpc) is 2.62. The lowest BCUT2D eigenvalue weighted by Crippen LogP contribution is -2.29. The monoisotopic (exact) mass is 343 g/mol. The van der Waals surface area contributed by atoms with Gasteiger partial charge in [-0.1, -0.05) is 48.5 Å². The number of ether oxygens (including phenoxy) is 1. The van der Waals surface area contributed by atoms with E-state index in [1.54, 1.807) is 6.07 Å². The van der Waals surface area contributed by atoms with Crippen LogP contribution in [0.3, 0.4) is 0 Å². The SMILES string of the molecule is Cc1ccc(C(O)C(O)CCNC(=O)OCc2ccccc2)cc1C. The third-order valence-corrected chi connectivity index (χ3v) is 4.16. The highest BCUT2D eigenvalue weighted by atomic mass is 16.5. The lowest BCUT2D eigenvalue weighted by molar-refractivity contribution is 0.0136. The second-order valence-corrected chi connectivity index (χ2v) is 6.13. The number of amides is 1. The normalized spacial score (nSPS) is 13.1. The quantitative estimate of drug-likeness (QED) is 0.722. The van der Waals surface area contributed by atoms with E-state index in [0.717, 1.165) is 16.7 Å². The van der Waals surface area contributed by atoms with E-state index in [-0.39, 0.29) is 19.6 Å². The van der Waals surface area contributed by atoms with Gasteiger partial charge < -0.3 is 20.3 Å². The highest BCUT2D eigenvalue weighted by Crippen LogP contribution is 2.21. The summed E-state index contributed by atoms with van der Waals surface area (Å²) in [6, 6.07) is 15.0. The molecule has 0 fully saturated rings. The van der Waals surface area contributed by atoms with Crippen molar-refractivity contribution in [1.82, 2.24) is 5.32 Å².